The van der Waals surface area contributed by atoms with Crippen molar-refractivity contribution in [3.05, 3.63) is 52.7 Å². The molecule has 0 aliphatic carbocycles. The molecule has 0 bridgehead atoms. The van der Waals surface area contributed by atoms with Gasteiger partial charge in [0.15, 0.2) is 0 Å². The summed E-state index contributed by atoms with van der Waals surface area (Å²) in [6, 6.07) is 5.84. The van der Waals surface area contributed by atoms with Gasteiger partial charge in [0.25, 0.3) is 5.91 Å². The van der Waals surface area contributed by atoms with Crippen molar-refractivity contribution in [2.75, 3.05) is 17.6 Å². The predicted octanol–water partition coefficient (Wildman–Crippen LogP) is 1.18. The fourth-order valence-corrected chi connectivity index (χ4v) is 5.42. The number of nitrogens with one attached hydrogen (secondary N) is 1. The van der Waals surface area contributed by atoms with Crippen LogP contribution in [-0.2, 0) is 25.7 Å². The standard InChI is InChI=1S/C21H20BrN3O6S/c22-8-15(27)23-16-19(29)25-17(21(30)31)13(10-32-20(16)25)7-12-5-6-24(18(12)28)9-11-1-3-14(26)4-2-11/h1-4,7,16,20,26H,5-6,8-10H2,(H,23,27)(H,30,31)/t16-,20-/m1/s1. The van der Waals surface area contributed by atoms with Crippen LogP contribution in [0.4, 0.5) is 0 Å². The maximum atomic E-state index is 12.9. The van der Waals surface area contributed by atoms with E-state index in [4.69, 9.17) is 0 Å². The number of β-lactam (4-membered cyclic amide) rings is 1. The van der Waals surface area contributed by atoms with Crippen molar-refractivity contribution in [1.29, 1.82) is 0 Å². The Kier molecular flexibility index (Phi) is 6.29. The molecule has 0 radical (unpaired) electrons. The molecular formula is C21H20BrN3O6S. The fourth-order valence-electron chi connectivity index (χ4n) is 3.95. The van der Waals surface area contributed by atoms with E-state index in [-0.39, 0.29) is 28.6 Å². The molecule has 32 heavy (non-hydrogen) atoms. The number of amides is 3. The molecule has 2 atom stereocenters. The highest BCUT2D eigenvalue weighted by Crippen LogP contribution is 2.41. The maximum Gasteiger partial charge on any atom is 0.352 e. The number of phenols is 1. The molecule has 0 spiro atoms. The predicted molar refractivity (Wildman–Crippen MR) is 120 cm³/mol. The van der Waals surface area contributed by atoms with E-state index >= 15 is 0 Å². The van der Waals surface area contributed by atoms with Crippen molar-refractivity contribution in [2.24, 2.45) is 0 Å². The van der Waals surface area contributed by atoms with Crippen LogP contribution >= 0.6 is 27.7 Å². The highest BCUT2D eigenvalue weighted by atomic mass is 79.9. The van der Waals surface area contributed by atoms with Crippen molar-refractivity contribution < 1.29 is 29.4 Å². The number of aliphatic carboxylic acids is 1. The maximum absolute atomic E-state index is 12.9. The Morgan fingerprint density at radius 3 is 2.62 bits per heavy atom. The molecule has 2 saturated heterocycles. The molecular weight excluding hydrogens is 502 g/mol. The minimum Gasteiger partial charge on any atom is -0.508 e. The Morgan fingerprint density at radius 1 is 1.25 bits per heavy atom. The van der Waals surface area contributed by atoms with Crippen LogP contribution in [0.3, 0.4) is 0 Å². The van der Waals surface area contributed by atoms with E-state index in [0.717, 1.165) is 5.56 Å². The first-order valence-corrected chi connectivity index (χ1v) is 12.0. The third kappa shape index (κ3) is 4.14. The summed E-state index contributed by atoms with van der Waals surface area (Å²) in [6.07, 6.45) is 2.06. The summed E-state index contributed by atoms with van der Waals surface area (Å²) in [5, 5.41) is 21.3. The molecule has 1 aromatic rings. The monoisotopic (exact) mass is 521 g/mol. The van der Waals surface area contributed by atoms with Gasteiger partial charge in [-0.2, -0.15) is 0 Å². The fraction of sp³-hybridized carbons (Fsp3) is 0.333. The van der Waals surface area contributed by atoms with E-state index in [1.54, 1.807) is 35.2 Å². The quantitative estimate of drug-likeness (QED) is 0.291. The Labute approximate surface area is 196 Å². The summed E-state index contributed by atoms with van der Waals surface area (Å²) in [4.78, 5) is 51.9. The number of fused-ring (bicyclic) bond motifs is 1. The lowest BCUT2D eigenvalue weighted by Gasteiger charge is -2.49. The van der Waals surface area contributed by atoms with Gasteiger partial charge < -0.3 is 20.4 Å². The molecule has 168 valence electrons. The first kappa shape index (κ1) is 22.4. The van der Waals surface area contributed by atoms with Crippen LogP contribution in [0.2, 0.25) is 0 Å². The van der Waals surface area contributed by atoms with Gasteiger partial charge in [-0.05, 0) is 35.8 Å². The van der Waals surface area contributed by atoms with Crippen molar-refractivity contribution in [1.82, 2.24) is 15.1 Å². The summed E-state index contributed by atoms with van der Waals surface area (Å²) in [6.45, 7) is 0.887. The van der Waals surface area contributed by atoms with Crippen LogP contribution in [0.1, 0.15) is 12.0 Å². The van der Waals surface area contributed by atoms with Gasteiger partial charge >= 0.3 is 5.97 Å². The van der Waals surface area contributed by atoms with Crippen LogP contribution in [0.5, 0.6) is 5.75 Å². The Balaban J connectivity index is 1.53. The Morgan fingerprint density at radius 2 is 1.97 bits per heavy atom. The van der Waals surface area contributed by atoms with Crippen LogP contribution in [0, 0.1) is 0 Å². The summed E-state index contributed by atoms with van der Waals surface area (Å²) in [5.74, 6) is -1.78. The van der Waals surface area contributed by atoms with E-state index in [1.807, 2.05) is 0 Å². The highest BCUT2D eigenvalue weighted by Gasteiger charge is 2.54. The number of likely N-dealkylation sites (tertiary alicyclic amines) is 1. The van der Waals surface area contributed by atoms with Gasteiger partial charge in [0, 0.05) is 24.4 Å². The molecule has 3 heterocycles. The normalized spacial score (nSPS) is 24.0. The van der Waals surface area contributed by atoms with Crippen LogP contribution in [-0.4, -0.2) is 72.7 Å². The number of allylic oxidation sites excluding steroid dienone is 1. The zero-order valence-corrected chi connectivity index (χ0v) is 19.2. The van der Waals surface area contributed by atoms with E-state index in [9.17, 15) is 29.4 Å². The van der Waals surface area contributed by atoms with Crippen molar-refractivity contribution >= 4 is 51.4 Å². The lowest BCUT2D eigenvalue weighted by atomic mass is 10.0. The molecule has 11 heteroatoms. The number of halogens is 1. The third-order valence-electron chi connectivity index (χ3n) is 5.51. The average molecular weight is 522 g/mol. The lowest BCUT2D eigenvalue weighted by molar-refractivity contribution is -0.150. The summed E-state index contributed by atoms with van der Waals surface area (Å²) in [7, 11) is 0. The number of carbonyl (C=O) groups is 4. The molecule has 0 aromatic heterocycles. The van der Waals surface area contributed by atoms with E-state index in [2.05, 4.69) is 21.2 Å². The molecule has 3 N–H and O–H groups in total. The number of carboxylic acid groups (broad SMARTS) is 1. The second-order valence-electron chi connectivity index (χ2n) is 7.58. The first-order valence-electron chi connectivity index (χ1n) is 9.84. The van der Waals surface area contributed by atoms with Gasteiger partial charge in [-0.15, -0.1) is 11.8 Å². The molecule has 0 unspecified atom stereocenters. The number of rotatable bonds is 6. The number of nitrogens with zero attached hydrogens (tertiary/aromatic N) is 2. The number of phenolic OH excluding ortho intramolecular Hbond substituents is 1. The second kappa shape index (κ2) is 8.99. The minimum absolute atomic E-state index is 0.0515. The van der Waals surface area contributed by atoms with E-state index in [1.165, 1.54) is 16.7 Å². The number of carbonyl (C=O) groups excluding carboxylic acids is 3. The number of thioether (sulfide) groups is 1. The zero-order chi connectivity index (χ0) is 23.0. The van der Waals surface area contributed by atoms with E-state index < -0.39 is 23.3 Å². The highest BCUT2D eigenvalue weighted by molar-refractivity contribution is 9.09. The topological polar surface area (TPSA) is 127 Å². The number of carboxylic acids is 1. The molecule has 2 fully saturated rings. The van der Waals surface area contributed by atoms with Gasteiger partial charge in [0.2, 0.25) is 11.8 Å². The third-order valence-corrected chi connectivity index (χ3v) is 7.32. The minimum atomic E-state index is -1.24. The molecule has 0 saturated carbocycles. The molecule has 3 aliphatic heterocycles. The van der Waals surface area contributed by atoms with Crippen LogP contribution in [0.15, 0.2) is 47.2 Å². The molecule has 3 aliphatic rings. The Hall–Kier alpha value is -2.79. The first-order chi connectivity index (χ1) is 15.3. The summed E-state index contributed by atoms with van der Waals surface area (Å²) < 4.78 is 0. The smallest absolute Gasteiger partial charge is 0.352 e. The Bertz CT molecular complexity index is 1050. The number of hydrogen-bond donors (Lipinski definition) is 3. The largest absolute Gasteiger partial charge is 0.508 e. The van der Waals surface area contributed by atoms with Gasteiger partial charge in [-0.25, -0.2) is 4.79 Å². The van der Waals surface area contributed by atoms with Gasteiger partial charge in [0.1, 0.15) is 22.9 Å². The average Bonchev–Trinajstić information content (AvgIpc) is 3.11. The number of hydrogen-bond acceptors (Lipinski definition) is 6. The second-order valence-corrected chi connectivity index (χ2v) is 9.25. The molecule has 3 amide bonds. The van der Waals surface area contributed by atoms with Crippen molar-refractivity contribution in [2.45, 2.75) is 24.4 Å². The summed E-state index contributed by atoms with van der Waals surface area (Å²) >= 11 is 4.39. The number of benzene rings is 1. The number of aromatic hydroxyl groups is 1. The molecule has 9 nitrogen and oxygen atoms in total. The number of alkyl halides is 1. The SMILES string of the molecule is O=C(CBr)N[C@@H]1C(=O)N2C(C(=O)O)=C(C=C3CCN(Cc4ccc(O)cc4)C3=O)CS[C@H]12. The molecule has 4 rings (SSSR count). The summed E-state index contributed by atoms with van der Waals surface area (Å²) in [5.41, 5.74) is 1.64. The van der Waals surface area contributed by atoms with E-state index in [0.29, 0.717) is 36.4 Å². The van der Waals surface area contributed by atoms with Crippen LogP contribution < -0.4 is 5.32 Å². The van der Waals surface area contributed by atoms with Crippen LogP contribution in [0.25, 0.3) is 0 Å². The van der Waals surface area contributed by atoms with Crippen molar-refractivity contribution in [3.8, 4) is 5.75 Å². The van der Waals surface area contributed by atoms with Gasteiger partial charge in [-0.1, -0.05) is 28.1 Å². The van der Waals surface area contributed by atoms with Gasteiger partial charge in [-0.3, -0.25) is 19.3 Å². The zero-order valence-electron chi connectivity index (χ0n) is 16.8. The van der Waals surface area contributed by atoms with Crippen molar-refractivity contribution in [3.63, 3.8) is 0 Å². The molecule has 1 aromatic carbocycles. The lowest BCUT2D eigenvalue weighted by Crippen LogP contribution is -2.70. The van der Waals surface area contributed by atoms with Gasteiger partial charge in [0.05, 0.1) is 5.33 Å².